The smallest absolute Gasteiger partial charge is 0.269 e. The van der Waals surface area contributed by atoms with Crippen LogP contribution in [0.1, 0.15) is 31.2 Å². The van der Waals surface area contributed by atoms with E-state index in [-0.39, 0.29) is 17.5 Å². The number of benzene rings is 2. The molecule has 1 unspecified atom stereocenters. The molecule has 2 aromatic carbocycles. The van der Waals surface area contributed by atoms with Crippen LogP contribution in [0.5, 0.6) is 0 Å². The summed E-state index contributed by atoms with van der Waals surface area (Å²) in [5.41, 5.74) is 2.14. The number of carbonyl (C=O) groups excluding carboxylic acids is 1. The van der Waals surface area contributed by atoms with Gasteiger partial charge in [-0.05, 0) is 24.1 Å². The Bertz CT molecular complexity index is 769. The lowest BCUT2D eigenvalue weighted by Gasteiger charge is -2.37. The molecule has 0 radical (unpaired) electrons. The van der Waals surface area contributed by atoms with E-state index in [1.54, 1.807) is 12.1 Å². The highest BCUT2D eigenvalue weighted by atomic mass is 16.6. The summed E-state index contributed by atoms with van der Waals surface area (Å²) in [5, 5.41) is 10.8. The molecular weight excluding hydrogens is 342 g/mol. The molecule has 1 amide bonds. The Hall–Kier alpha value is -2.89. The lowest BCUT2D eigenvalue weighted by atomic mass is 9.93. The van der Waals surface area contributed by atoms with Crippen LogP contribution in [-0.2, 0) is 4.79 Å². The Balaban J connectivity index is 1.63. The number of nitro benzene ring substituents is 1. The van der Waals surface area contributed by atoms with Crippen LogP contribution in [0, 0.1) is 10.1 Å². The van der Waals surface area contributed by atoms with E-state index in [2.05, 4.69) is 11.8 Å². The Morgan fingerprint density at radius 1 is 1.04 bits per heavy atom. The zero-order valence-corrected chi connectivity index (χ0v) is 15.6. The minimum Gasteiger partial charge on any atom is -0.368 e. The van der Waals surface area contributed by atoms with Crippen LogP contribution in [0.4, 0.5) is 11.4 Å². The van der Waals surface area contributed by atoms with Crippen molar-refractivity contribution < 1.29 is 9.72 Å². The van der Waals surface area contributed by atoms with Gasteiger partial charge in [0.2, 0.25) is 5.91 Å². The van der Waals surface area contributed by atoms with Crippen molar-refractivity contribution in [1.29, 1.82) is 0 Å². The second-order valence-corrected chi connectivity index (χ2v) is 6.84. The van der Waals surface area contributed by atoms with Gasteiger partial charge in [-0.25, -0.2) is 0 Å². The van der Waals surface area contributed by atoms with E-state index in [1.165, 1.54) is 12.1 Å². The molecule has 0 spiro atoms. The van der Waals surface area contributed by atoms with Crippen molar-refractivity contribution >= 4 is 17.3 Å². The molecule has 142 valence electrons. The van der Waals surface area contributed by atoms with Crippen molar-refractivity contribution in [2.45, 2.75) is 25.7 Å². The van der Waals surface area contributed by atoms with Crippen LogP contribution in [0.15, 0.2) is 54.6 Å². The predicted molar refractivity (Wildman–Crippen MR) is 106 cm³/mol. The maximum atomic E-state index is 13.1. The fraction of sp³-hybridized carbons (Fsp3) is 0.381. The highest BCUT2D eigenvalue weighted by molar-refractivity contribution is 5.84. The molecule has 1 heterocycles. The molecule has 27 heavy (non-hydrogen) atoms. The van der Waals surface area contributed by atoms with Crippen LogP contribution in [0.25, 0.3) is 0 Å². The van der Waals surface area contributed by atoms with Crippen molar-refractivity contribution in [3.05, 3.63) is 70.3 Å². The first kappa shape index (κ1) is 18.9. The van der Waals surface area contributed by atoms with Gasteiger partial charge in [-0.1, -0.05) is 43.7 Å². The van der Waals surface area contributed by atoms with Crippen molar-refractivity contribution in [2.24, 2.45) is 0 Å². The van der Waals surface area contributed by atoms with E-state index >= 15 is 0 Å². The number of non-ortho nitro benzene ring substituents is 1. The number of hydrogen-bond donors (Lipinski definition) is 0. The van der Waals surface area contributed by atoms with Crippen molar-refractivity contribution in [2.75, 3.05) is 31.1 Å². The maximum Gasteiger partial charge on any atom is 0.269 e. The maximum absolute atomic E-state index is 13.1. The summed E-state index contributed by atoms with van der Waals surface area (Å²) in [6, 6.07) is 16.6. The highest BCUT2D eigenvalue weighted by Crippen LogP contribution is 2.26. The largest absolute Gasteiger partial charge is 0.368 e. The third kappa shape index (κ3) is 4.45. The van der Waals surface area contributed by atoms with E-state index in [1.807, 2.05) is 35.2 Å². The number of hydrogen-bond acceptors (Lipinski definition) is 4. The molecule has 0 N–H and O–H groups in total. The van der Waals surface area contributed by atoms with Gasteiger partial charge in [-0.15, -0.1) is 0 Å². The summed E-state index contributed by atoms with van der Waals surface area (Å²) in [7, 11) is 0. The summed E-state index contributed by atoms with van der Waals surface area (Å²) in [5.74, 6) is 0.119. The molecular formula is C21H25N3O3. The molecule has 0 bridgehead atoms. The fourth-order valence-electron chi connectivity index (χ4n) is 3.60. The monoisotopic (exact) mass is 367 g/mol. The summed E-state index contributed by atoms with van der Waals surface area (Å²) in [6.45, 7) is 4.91. The van der Waals surface area contributed by atoms with Crippen LogP contribution >= 0.6 is 0 Å². The molecule has 1 fully saturated rings. The summed E-state index contributed by atoms with van der Waals surface area (Å²) in [4.78, 5) is 27.6. The lowest BCUT2D eigenvalue weighted by Crippen LogP contribution is -2.50. The average molecular weight is 367 g/mol. The molecule has 1 atom stereocenters. The number of nitrogens with zero attached hydrogens (tertiary/aromatic N) is 3. The van der Waals surface area contributed by atoms with E-state index in [4.69, 9.17) is 0 Å². The molecule has 6 nitrogen and oxygen atoms in total. The van der Waals surface area contributed by atoms with Crippen LogP contribution < -0.4 is 4.90 Å². The van der Waals surface area contributed by atoms with Gasteiger partial charge < -0.3 is 9.80 Å². The Morgan fingerprint density at radius 2 is 1.67 bits per heavy atom. The van der Waals surface area contributed by atoms with Crippen molar-refractivity contribution in [1.82, 2.24) is 4.90 Å². The van der Waals surface area contributed by atoms with Crippen LogP contribution in [-0.4, -0.2) is 41.9 Å². The van der Waals surface area contributed by atoms with Gasteiger partial charge in [0.05, 0.1) is 10.8 Å². The molecule has 0 saturated carbocycles. The minimum atomic E-state index is -0.391. The zero-order chi connectivity index (χ0) is 19.2. The van der Waals surface area contributed by atoms with Crippen molar-refractivity contribution in [3.63, 3.8) is 0 Å². The Morgan fingerprint density at radius 3 is 2.22 bits per heavy atom. The van der Waals surface area contributed by atoms with E-state index in [0.29, 0.717) is 13.1 Å². The molecule has 6 heteroatoms. The molecule has 1 saturated heterocycles. The molecule has 2 aromatic rings. The standard InChI is InChI=1S/C21H25N3O3/c1-2-6-20(17-7-4-3-5-8-17)21(25)23-15-13-22(14-16-23)18-9-11-19(12-10-18)24(26)27/h3-5,7-12,20H,2,6,13-16H2,1H3. The normalized spacial score (nSPS) is 15.4. The van der Waals surface area contributed by atoms with Gasteiger partial charge in [0.15, 0.2) is 0 Å². The first-order valence-corrected chi connectivity index (χ1v) is 9.43. The van der Waals surface area contributed by atoms with E-state index < -0.39 is 4.92 Å². The van der Waals surface area contributed by atoms with E-state index in [0.717, 1.165) is 37.2 Å². The van der Waals surface area contributed by atoms with Crippen LogP contribution in [0.2, 0.25) is 0 Å². The van der Waals surface area contributed by atoms with Gasteiger partial charge in [-0.2, -0.15) is 0 Å². The van der Waals surface area contributed by atoms with Gasteiger partial charge in [-0.3, -0.25) is 14.9 Å². The molecule has 3 rings (SSSR count). The number of piperazine rings is 1. The number of anilines is 1. The van der Waals surface area contributed by atoms with Crippen molar-refractivity contribution in [3.8, 4) is 0 Å². The molecule has 0 aliphatic carbocycles. The van der Waals surface area contributed by atoms with Gasteiger partial charge in [0.1, 0.15) is 0 Å². The predicted octanol–water partition coefficient (Wildman–Crippen LogP) is 3.83. The summed E-state index contributed by atoms with van der Waals surface area (Å²) in [6.07, 6.45) is 1.82. The first-order valence-electron chi connectivity index (χ1n) is 9.43. The summed E-state index contributed by atoms with van der Waals surface area (Å²) >= 11 is 0. The average Bonchev–Trinajstić information content (AvgIpc) is 2.72. The molecule has 0 aromatic heterocycles. The Labute approximate surface area is 159 Å². The lowest BCUT2D eigenvalue weighted by molar-refractivity contribution is -0.384. The highest BCUT2D eigenvalue weighted by Gasteiger charge is 2.28. The number of amides is 1. The second-order valence-electron chi connectivity index (χ2n) is 6.84. The third-order valence-electron chi connectivity index (χ3n) is 5.09. The van der Waals surface area contributed by atoms with Gasteiger partial charge >= 0.3 is 0 Å². The summed E-state index contributed by atoms with van der Waals surface area (Å²) < 4.78 is 0. The SMILES string of the molecule is CCCC(C(=O)N1CCN(c2ccc([N+](=O)[O-])cc2)CC1)c1ccccc1. The fourth-order valence-corrected chi connectivity index (χ4v) is 3.60. The zero-order valence-electron chi connectivity index (χ0n) is 15.6. The minimum absolute atomic E-state index is 0.0814. The quantitative estimate of drug-likeness (QED) is 0.575. The second kappa shape index (κ2) is 8.66. The number of carbonyl (C=O) groups is 1. The van der Waals surface area contributed by atoms with Crippen LogP contribution in [0.3, 0.4) is 0 Å². The number of rotatable bonds is 6. The Kier molecular flexibility index (Phi) is 6.06. The van der Waals surface area contributed by atoms with Gasteiger partial charge in [0, 0.05) is 44.0 Å². The first-order chi connectivity index (χ1) is 13.1. The topological polar surface area (TPSA) is 66.7 Å². The molecule has 1 aliphatic heterocycles. The third-order valence-corrected chi connectivity index (χ3v) is 5.09. The van der Waals surface area contributed by atoms with Gasteiger partial charge in [0.25, 0.3) is 5.69 Å². The molecule has 1 aliphatic rings. The number of nitro groups is 1. The van der Waals surface area contributed by atoms with E-state index in [9.17, 15) is 14.9 Å².